The average molecular weight is 290 g/mol. The van der Waals surface area contributed by atoms with E-state index >= 15 is 0 Å². The Hall–Kier alpha value is -1.39. The van der Waals surface area contributed by atoms with E-state index < -0.39 is 0 Å². The second-order valence-corrected chi connectivity index (χ2v) is 5.89. The summed E-state index contributed by atoms with van der Waals surface area (Å²) in [6, 6.07) is 10.7. The third-order valence-corrected chi connectivity index (χ3v) is 4.06. The van der Waals surface area contributed by atoms with Crippen molar-refractivity contribution in [3.63, 3.8) is 0 Å². The van der Waals surface area contributed by atoms with E-state index in [1.807, 2.05) is 6.07 Å². The van der Waals surface area contributed by atoms with Crippen molar-refractivity contribution >= 4 is 5.91 Å². The maximum Gasteiger partial charge on any atom is 0.222 e. The van der Waals surface area contributed by atoms with Gasteiger partial charge in [0.05, 0.1) is 12.5 Å². The van der Waals surface area contributed by atoms with E-state index in [1.165, 1.54) is 5.56 Å². The molecule has 1 aliphatic rings. The zero-order valence-electron chi connectivity index (χ0n) is 13.0. The topological polar surface area (TPSA) is 41.6 Å². The van der Waals surface area contributed by atoms with Crippen LogP contribution in [0.1, 0.15) is 31.7 Å². The van der Waals surface area contributed by atoms with Crippen molar-refractivity contribution in [2.24, 2.45) is 0 Å². The summed E-state index contributed by atoms with van der Waals surface area (Å²) < 4.78 is 5.49. The normalized spacial score (nSPS) is 19.7. The third kappa shape index (κ3) is 5.48. The number of nitrogens with one attached hydrogen (secondary N) is 1. The zero-order valence-corrected chi connectivity index (χ0v) is 13.0. The quantitative estimate of drug-likeness (QED) is 0.837. The number of amides is 1. The number of carbonyl (C=O) groups is 1. The van der Waals surface area contributed by atoms with Gasteiger partial charge in [-0.2, -0.15) is 0 Å². The number of benzene rings is 1. The van der Waals surface area contributed by atoms with E-state index in [-0.39, 0.29) is 12.0 Å². The van der Waals surface area contributed by atoms with Gasteiger partial charge in [-0.1, -0.05) is 30.3 Å². The monoisotopic (exact) mass is 290 g/mol. The van der Waals surface area contributed by atoms with Gasteiger partial charge < -0.3 is 10.1 Å². The molecular weight excluding hydrogens is 264 g/mol. The van der Waals surface area contributed by atoms with Gasteiger partial charge in [0.2, 0.25) is 5.91 Å². The summed E-state index contributed by atoms with van der Waals surface area (Å²) in [7, 11) is 2.09. The van der Waals surface area contributed by atoms with Gasteiger partial charge in [-0.25, -0.2) is 0 Å². The Kier molecular flexibility index (Phi) is 6.21. The van der Waals surface area contributed by atoms with Crippen LogP contribution in [0.3, 0.4) is 0 Å². The summed E-state index contributed by atoms with van der Waals surface area (Å²) in [5, 5.41) is 3.02. The van der Waals surface area contributed by atoms with Crippen LogP contribution in [0.4, 0.5) is 0 Å². The molecule has 0 spiro atoms. The van der Waals surface area contributed by atoms with Crippen molar-refractivity contribution in [3.8, 4) is 0 Å². The first-order chi connectivity index (χ1) is 10.1. The molecule has 1 aromatic carbocycles. The first kappa shape index (κ1) is 16.0. The average Bonchev–Trinajstić information content (AvgIpc) is 2.98. The third-order valence-electron chi connectivity index (χ3n) is 4.06. The summed E-state index contributed by atoms with van der Waals surface area (Å²) in [6.45, 7) is 4.50. The molecule has 2 unspecified atom stereocenters. The maximum atomic E-state index is 11.9. The van der Waals surface area contributed by atoms with E-state index in [4.69, 9.17) is 4.74 Å². The molecule has 1 heterocycles. The van der Waals surface area contributed by atoms with E-state index in [2.05, 4.69) is 48.5 Å². The number of likely N-dealkylation sites (N-methyl/N-ethyl adjacent to an activating group) is 1. The molecule has 4 nitrogen and oxygen atoms in total. The Morgan fingerprint density at radius 1 is 1.43 bits per heavy atom. The van der Waals surface area contributed by atoms with E-state index in [9.17, 15) is 4.79 Å². The van der Waals surface area contributed by atoms with Gasteiger partial charge in [0.1, 0.15) is 0 Å². The van der Waals surface area contributed by atoms with Crippen molar-refractivity contribution in [3.05, 3.63) is 35.9 Å². The van der Waals surface area contributed by atoms with Crippen molar-refractivity contribution in [1.82, 2.24) is 10.2 Å². The van der Waals surface area contributed by atoms with Crippen molar-refractivity contribution < 1.29 is 9.53 Å². The lowest BCUT2D eigenvalue weighted by atomic mass is 10.1. The summed E-state index contributed by atoms with van der Waals surface area (Å²) in [4.78, 5) is 14.1. The molecule has 1 fully saturated rings. The van der Waals surface area contributed by atoms with Crippen LogP contribution in [0, 0.1) is 0 Å². The second-order valence-electron chi connectivity index (χ2n) is 5.89. The molecule has 1 amide bonds. The highest BCUT2D eigenvalue weighted by molar-refractivity contribution is 5.76. The van der Waals surface area contributed by atoms with Crippen LogP contribution in [-0.4, -0.2) is 43.2 Å². The van der Waals surface area contributed by atoms with Crippen LogP contribution in [0.2, 0.25) is 0 Å². The predicted octanol–water partition coefficient (Wildman–Crippen LogP) is 2.19. The fourth-order valence-electron chi connectivity index (χ4n) is 2.53. The first-order valence-electron chi connectivity index (χ1n) is 7.77. The minimum Gasteiger partial charge on any atom is -0.378 e. The molecule has 21 heavy (non-hydrogen) atoms. The molecule has 1 N–H and O–H groups in total. The Labute approximate surface area is 127 Å². The van der Waals surface area contributed by atoms with Gasteiger partial charge in [0.25, 0.3) is 0 Å². The smallest absolute Gasteiger partial charge is 0.222 e. The van der Waals surface area contributed by atoms with Crippen LogP contribution in [0.15, 0.2) is 30.3 Å². The van der Waals surface area contributed by atoms with Crippen LogP contribution in [0.5, 0.6) is 0 Å². The van der Waals surface area contributed by atoms with Crippen molar-refractivity contribution in [2.45, 2.75) is 44.9 Å². The highest BCUT2D eigenvalue weighted by Gasteiger charge is 2.19. The molecule has 1 saturated heterocycles. The Morgan fingerprint density at radius 2 is 2.19 bits per heavy atom. The van der Waals surface area contributed by atoms with E-state index in [1.54, 1.807) is 0 Å². The standard InChI is InChI=1S/C17H26N2O2/c1-14(19(2)13-15-7-4-3-5-8-15)12-18-17(20)11-16-9-6-10-21-16/h3-5,7-8,14,16H,6,9-13H2,1-2H3,(H,18,20). The number of ether oxygens (including phenoxy) is 1. The van der Waals surface area contributed by atoms with Gasteiger partial charge in [0.15, 0.2) is 0 Å². The number of nitrogens with zero attached hydrogens (tertiary/aromatic N) is 1. The molecule has 0 bridgehead atoms. The fourth-order valence-corrected chi connectivity index (χ4v) is 2.53. The maximum absolute atomic E-state index is 11.9. The van der Waals surface area contributed by atoms with Gasteiger partial charge in [-0.3, -0.25) is 9.69 Å². The minimum absolute atomic E-state index is 0.0989. The van der Waals surface area contributed by atoms with Crippen LogP contribution in [0.25, 0.3) is 0 Å². The number of rotatable bonds is 7. The SMILES string of the molecule is CC(CNC(=O)CC1CCCO1)N(C)Cc1ccccc1. The lowest BCUT2D eigenvalue weighted by Gasteiger charge is -2.25. The molecule has 0 radical (unpaired) electrons. The first-order valence-corrected chi connectivity index (χ1v) is 7.77. The van der Waals surface area contributed by atoms with Gasteiger partial charge in [-0.15, -0.1) is 0 Å². The molecular formula is C17H26N2O2. The molecule has 0 saturated carbocycles. The molecule has 0 aromatic heterocycles. The van der Waals surface area contributed by atoms with E-state index in [0.29, 0.717) is 19.0 Å². The lowest BCUT2D eigenvalue weighted by Crippen LogP contribution is -2.40. The Morgan fingerprint density at radius 3 is 2.86 bits per heavy atom. The second kappa shape index (κ2) is 8.15. The number of carbonyl (C=O) groups excluding carboxylic acids is 1. The minimum atomic E-state index is 0.0989. The summed E-state index contributed by atoms with van der Waals surface area (Å²) in [5.41, 5.74) is 1.29. The summed E-state index contributed by atoms with van der Waals surface area (Å²) in [6.07, 6.45) is 2.71. The van der Waals surface area contributed by atoms with Gasteiger partial charge >= 0.3 is 0 Å². The zero-order chi connectivity index (χ0) is 15.1. The predicted molar refractivity (Wildman–Crippen MR) is 84.0 cm³/mol. The molecule has 2 atom stereocenters. The number of hydrogen-bond donors (Lipinski definition) is 1. The number of hydrogen-bond acceptors (Lipinski definition) is 3. The molecule has 116 valence electrons. The largest absolute Gasteiger partial charge is 0.378 e. The lowest BCUT2D eigenvalue weighted by molar-refractivity contribution is -0.123. The highest BCUT2D eigenvalue weighted by atomic mass is 16.5. The van der Waals surface area contributed by atoms with Crippen LogP contribution in [-0.2, 0) is 16.1 Å². The molecule has 4 heteroatoms. The van der Waals surface area contributed by atoms with Crippen LogP contribution < -0.4 is 5.32 Å². The highest BCUT2D eigenvalue weighted by Crippen LogP contribution is 2.14. The molecule has 1 aliphatic heterocycles. The van der Waals surface area contributed by atoms with Gasteiger partial charge in [-0.05, 0) is 32.4 Å². The molecule has 1 aromatic rings. The van der Waals surface area contributed by atoms with Crippen LogP contribution >= 0.6 is 0 Å². The molecule has 2 rings (SSSR count). The van der Waals surface area contributed by atoms with E-state index in [0.717, 1.165) is 26.0 Å². The fraction of sp³-hybridized carbons (Fsp3) is 0.588. The van der Waals surface area contributed by atoms with Crippen molar-refractivity contribution in [2.75, 3.05) is 20.2 Å². The Bertz CT molecular complexity index is 430. The summed E-state index contributed by atoms with van der Waals surface area (Å²) in [5.74, 6) is 0.0989. The van der Waals surface area contributed by atoms with Gasteiger partial charge in [0, 0.05) is 25.7 Å². The van der Waals surface area contributed by atoms with Crippen molar-refractivity contribution in [1.29, 1.82) is 0 Å². The molecule has 0 aliphatic carbocycles. The summed E-state index contributed by atoms with van der Waals surface area (Å²) >= 11 is 0. The Balaban J connectivity index is 1.68.